The predicted molar refractivity (Wildman–Crippen MR) is 71.5 cm³/mol. The fourth-order valence-corrected chi connectivity index (χ4v) is 2.47. The van der Waals surface area contributed by atoms with E-state index in [2.05, 4.69) is 36.1 Å². The predicted octanol–water partition coefficient (Wildman–Crippen LogP) is 2.18. The summed E-state index contributed by atoms with van der Waals surface area (Å²) in [6.45, 7) is 8.16. The highest BCUT2D eigenvalue weighted by Crippen LogP contribution is 2.18. The number of nitrogens with one attached hydrogen (secondary N) is 1. The molecule has 1 fully saturated rings. The summed E-state index contributed by atoms with van der Waals surface area (Å²) >= 11 is 0. The maximum Gasteiger partial charge on any atom is 0.131 e. The van der Waals surface area contributed by atoms with Crippen LogP contribution in [0.1, 0.15) is 49.8 Å². The smallest absolute Gasteiger partial charge is 0.131 e. The SMILES string of the molecule is CCNC(C)c1cnc(CC2CCCO2)nc1C. The number of rotatable bonds is 5. The Hall–Kier alpha value is -1.00. The molecule has 0 aromatic carbocycles. The quantitative estimate of drug-likeness (QED) is 0.869. The van der Waals surface area contributed by atoms with Crippen LogP contribution in [0, 0.1) is 6.92 Å². The number of aryl methyl sites for hydroxylation is 1. The summed E-state index contributed by atoms with van der Waals surface area (Å²) in [6.07, 6.45) is 5.43. The van der Waals surface area contributed by atoms with E-state index in [9.17, 15) is 0 Å². The van der Waals surface area contributed by atoms with Crippen molar-refractivity contribution >= 4 is 0 Å². The van der Waals surface area contributed by atoms with Gasteiger partial charge in [-0.2, -0.15) is 0 Å². The van der Waals surface area contributed by atoms with E-state index in [4.69, 9.17) is 4.74 Å². The first-order valence-corrected chi connectivity index (χ1v) is 6.88. The molecule has 0 saturated carbocycles. The molecule has 1 aromatic rings. The van der Waals surface area contributed by atoms with E-state index in [0.717, 1.165) is 37.5 Å². The van der Waals surface area contributed by atoms with Gasteiger partial charge in [-0.05, 0) is 33.2 Å². The van der Waals surface area contributed by atoms with Crippen LogP contribution in [0.5, 0.6) is 0 Å². The first kappa shape index (κ1) is 13.4. The van der Waals surface area contributed by atoms with Crippen LogP contribution < -0.4 is 5.32 Å². The van der Waals surface area contributed by atoms with Gasteiger partial charge in [0, 0.05) is 36.5 Å². The molecule has 1 aromatic heterocycles. The summed E-state index contributed by atoms with van der Waals surface area (Å²) < 4.78 is 5.62. The summed E-state index contributed by atoms with van der Waals surface area (Å²) in [6, 6.07) is 0.312. The van der Waals surface area contributed by atoms with Gasteiger partial charge in [-0.25, -0.2) is 9.97 Å². The van der Waals surface area contributed by atoms with E-state index in [1.807, 2.05) is 6.20 Å². The van der Waals surface area contributed by atoms with Gasteiger partial charge in [-0.3, -0.25) is 0 Å². The first-order valence-electron chi connectivity index (χ1n) is 6.88. The third-order valence-electron chi connectivity index (χ3n) is 3.48. The van der Waals surface area contributed by atoms with Crippen molar-refractivity contribution < 1.29 is 4.74 Å². The largest absolute Gasteiger partial charge is 0.378 e. The molecule has 4 heteroatoms. The zero-order valence-electron chi connectivity index (χ0n) is 11.6. The molecule has 1 saturated heterocycles. The average molecular weight is 249 g/mol. The monoisotopic (exact) mass is 249 g/mol. The average Bonchev–Trinajstić information content (AvgIpc) is 2.82. The Morgan fingerprint density at radius 2 is 2.39 bits per heavy atom. The van der Waals surface area contributed by atoms with Gasteiger partial charge in [-0.15, -0.1) is 0 Å². The minimum atomic E-state index is 0.312. The standard InChI is InChI=1S/C14H23N3O/c1-4-15-10(2)13-9-16-14(17-11(13)3)8-12-6-5-7-18-12/h9-10,12,15H,4-8H2,1-3H3. The van der Waals surface area contributed by atoms with E-state index >= 15 is 0 Å². The lowest BCUT2D eigenvalue weighted by Crippen LogP contribution is -2.20. The fourth-order valence-electron chi connectivity index (χ4n) is 2.47. The highest BCUT2D eigenvalue weighted by molar-refractivity contribution is 5.20. The van der Waals surface area contributed by atoms with Crippen LogP contribution in [0.4, 0.5) is 0 Å². The van der Waals surface area contributed by atoms with E-state index < -0.39 is 0 Å². The van der Waals surface area contributed by atoms with Crippen LogP contribution in [0.3, 0.4) is 0 Å². The topological polar surface area (TPSA) is 47.0 Å². The molecule has 0 spiro atoms. The summed E-state index contributed by atoms with van der Waals surface area (Å²) in [5, 5.41) is 3.39. The minimum absolute atomic E-state index is 0.312. The summed E-state index contributed by atoms with van der Waals surface area (Å²) in [4.78, 5) is 9.08. The van der Waals surface area contributed by atoms with Gasteiger partial charge in [0.2, 0.25) is 0 Å². The Bertz CT molecular complexity index is 389. The molecule has 1 N–H and O–H groups in total. The molecule has 0 radical (unpaired) electrons. The van der Waals surface area contributed by atoms with E-state index in [0.29, 0.717) is 12.1 Å². The van der Waals surface area contributed by atoms with Crippen molar-refractivity contribution in [1.82, 2.24) is 15.3 Å². The maximum atomic E-state index is 5.62. The van der Waals surface area contributed by atoms with Crippen LogP contribution in [0.15, 0.2) is 6.20 Å². The van der Waals surface area contributed by atoms with Crippen molar-refractivity contribution in [3.8, 4) is 0 Å². The lowest BCUT2D eigenvalue weighted by atomic mass is 10.1. The van der Waals surface area contributed by atoms with Gasteiger partial charge in [0.25, 0.3) is 0 Å². The molecule has 2 heterocycles. The third-order valence-corrected chi connectivity index (χ3v) is 3.48. The summed E-state index contributed by atoms with van der Waals surface area (Å²) in [5.41, 5.74) is 2.26. The first-order chi connectivity index (χ1) is 8.70. The second kappa shape index (κ2) is 6.25. The fraction of sp³-hybridized carbons (Fsp3) is 0.714. The Labute approximate surface area is 109 Å². The summed E-state index contributed by atoms with van der Waals surface area (Å²) in [5.74, 6) is 0.909. The maximum absolute atomic E-state index is 5.62. The van der Waals surface area contributed by atoms with Gasteiger partial charge < -0.3 is 10.1 Å². The zero-order chi connectivity index (χ0) is 13.0. The Kier molecular flexibility index (Phi) is 4.66. The van der Waals surface area contributed by atoms with Crippen LogP contribution in [0.2, 0.25) is 0 Å². The highest BCUT2D eigenvalue weighted by atomic mass is 16.5. The van der Waals surface area contributed by atoms with E-state index in [1.54, 1.807) is 0 Å². The number of ether oxygens (including phenoxy) is 1. The molecule has 100 valence electrons. The van der Waals surface area contributed by atoms with Crippen molar-refractivity contribution in [2.45, 2.75) is 52.2 Å². The molecule has 18 heavy (non-hydrogen) atoms. The molecule has 1 aliphatic heterocycles. The van der Waals surface area contributed by atoms with Crippen molar-refractivity contribution in [3.05, 3.63) is 23.3 Å². The van der Waals surface area contributed by atoms with Crippen molar-refractivity contribution in [1.29, 1.82) is 0 Å². The normalized spacial score (nSPS) is 21.2. The van der Waals surface area contributed by atoms with Crippen LogP contribution in [0.25, 0.3) is 0 Å². The molecule has 2 rings (SSSR count). The van der Waals surface area contributed by atoms with Gasteiger partial charge in [0.05, 0.1) is 6.10 Å². The van der Waals surface area contributed by atoms with Crippen molar-refractivity contribution in [2.75, 3.05) is 13.2 Å². The van der Waals surface area contributed by atoms with Crippen LogP contribution in [-0.4, -0.2) is 29.2 Å². The second-order valence-electron chi connectivity index (χ2n) is 4.95. The van der Waals surface area contributed by atoms with Crippen LogP contribution >= 0.6 is 0 Å². The molecule has 4 nitrogen and oxygen atoms in total. The zero-order valence-corrected chi connectivity index (χ0v) is 11.6. The second-order valence-corrected chi connectivity index (χ2v) is 4.95. The minimum Gasteiger partial charge on any atom is -0.378 e. The lowest BCUT2D eigenvalue weighted by Gasteiger charge is -2.15. The molecule has 2 atom stereocenters. The molecule has 0 amide bonds. The molecule has 2 unspecified atom stereocenters. The van der Waals surface area contributed by atoms with Gasteiger partial charge in [0.15, 0.2) is 0 Å². The van der Waals surface area contributed by atoms with Gasteiger partial charge in [0.1, 0.15) is 5.82 Å². The van der Waals surface area contributed by atoms with Crippen molar-refractivity contribution in [2.24, 2.45) is 0 Å². The number of hydrogen-bond acceptors (Lipinski definition) is 4. The Balaban J connectivity index is 2.04. The number of nitrogens with zero attached hydrogens (tertiary/aromatic N) is 2. The third kappa shape index (κ3) is 3.27. The van der Waals surface area contributed by atoms with Gasteiger partial charge in [-0.1, -0.05) is 6.92 Å². The molecular formula is C14H23N3O. The molecular weight excluding hydrogens is 226 g/mol. The van der Waals surface area contributed by atoms with Crippen LogP contribution in [-0.2, 0) is 11.2 Å². The van der Waals surface area contributed by atoms with Gasteiger partial charge >= 0.3 is 0 Å². The summed E-state index contributed by atoms with van der Waals surface area (Å²) in [7, 11) is 0. The molecule has 0 bridgehead atoms. The highest BCUT2D eigenvalue weighted by Gasteiger charge is 2.18. The lowest BCUT2D eigenvalue weighted by molar-refractivity contribution is 0.110. The van der Waals surface area contributed by atoms with E-state index in [1.165, 1.54) is 12.0 Å². The Morgan fingerprint density at radius 1 is 1.56 bits per heavy atom. The number of aromatic nitrogens is 2. The molecule has 0 aliphatic carbocycles. The van der Waals surface area contributed by atoms with Crippen molar-refractivity contribution in [3.63, 3.8) is 0 Å². The van der Waals surface area contributed by atoms with E-state index in [-0.39, 0.29) is 0 Å². The number of hydrogen-bond donors (Lipinski definition) is 1. The molecule has 1 aliphatic rings. The Morgan fingerprint density at radius 3 is 3.00 bits per heavy atom.